The molecule has 1 aromatic carbocycles. The molecule has 2 aliphatic rings. The first-order valence-corrected chi connectivity index (χ1v) is 17.4. The summed E-state index contributed by atoms with van der Waals surface area (Å²) in [6.07, 6.45) is 1.17. The molecule has 0 radical (unpaired) electrons. The van der Waals surface area contributed by atoms with E-state index in [1.54, 1.807) is 25.1 Å². The number of esters is 2. The lowest BCUT2D eigenvalue weighted by molar-refractivity contribution is -0.148. The summed E-state index contributed by atoms with van der Waals surface area (Å²) in [4.78, 5) is 73.5. The SMILES string of the molecule is C=C[C@@H]1C[C@]1(NC(=O)[C@@H]1C[C@@H](Oc2cc(C(=O)OC)nc3c(C)c(OC)ccc23)CN1C(=O)C(NC(=O)N[C@H](C)C(C)(C)C)C(C)(C)C)C(=O)OC. The third kappa shape index (κ3) is 8.10. The highest BCUT2D eigenvalue weighted by molar-refractivity contribution is 5.98. The molecular weight excluding hydrogens is 670 g/mol. The van der Waals surface area contributed by atoms with Crippen molar-refractivity contribution in [1.82, 2.24) is 25.8 Å². The zero-order chi connectivity index (χ0) is 38.9. The Hall–Kier alpha value is -4.88. The van der Waals surface area contributed by atoms with Gasteiger partial charge in [-0.1, -0.05) is 47.6 Å². The topological polar surface area (TPSA) is 174 Å². The second-order valence-corrected chi connectivity index (χ2v) is 15.8. The number of ether oxygens (including phenoxy) is 4. The van der Waals surface area contributed by atoms with Crippen molar-refractivity contribution in [2.24, 2.45) is 16.7 Å². The van der Waals surface area contributed by atoms with Gasteiger partial charge < -0.3 is 39.8 Å². The average molecular weight is 724 g/mol. The number of methoxy groups -OCH3 is 3. The maximum absolute atomic E-state index is 14.6. The summed E-state index contributed by atoms with van der Waals surface area (Å²) in [5, 5.41) is 9.21. The number of hydrogen-bond donors (Lipinski definition) is 3. The second kappa shape index (κ2) is 15.0. The van der Waals surface area contributed by atoms with Gasteiger partial charge in [-0.2, -0.15) is 0 Å². The minimum atomic E-state index is -1.31. The number of fused-ring (bicyclic) bond motifs is 1. The van der Waals surface area contributed by atoms with Crippen LogP contribution in [0.25, 0.3) is 10.9 Å². The summed E-state index contributed by atoms with van der Waals surface area (Å²) in [5.41, 5.74) is -1.20. The van der Waals surface area contributed by atoms with Gasteiger partial charge in [-0.05, 0) is 43.2 Å². The van der Waals surface area contributed by atoms with Crippen LogP contribution in [0.2, 0.25) is 0 Å². The van der Waals surface area contributed by atoms with Crippen molar-refractivity contribution < 1.29 is 42.9 Å². The van der Waals surface area contributed by atoms with Crippen LogP contribution in [-0.2, 0) is 23.9 Å². The number of hydrogen-bond acceptors (Lipinski definition) is 10. The van der Waals surface area contributed by atoms with Crippen LogP contribution < -0.4 is 25.4 Å². The Labute approximate surface area is 305 Å². The van der Waals surface area contributed by atoms with Crippen LogP contribution in [0.15, 0.2) is 30.9 Å². The fourth-order valence-electron chi connectivity index (χ4n) is 6.35. The van der Waals surface area contributed by atoms with Crippen LogP contribution in [0.1, 0.15) is 77.4 Å². The number of urea groups is 1. The molecule has 4 amide bonds. The van der Waals surface area contributed by atoms with Gasteiger partial charge in [0, 0.05) is 35.4 Å². The lowest BCUT2D eigenvalue weighted by Crippen LogP contribution is -2.61. The molecule has 2 aromatic rings. The predicted molar refractivity (Wildman–Crippen MR) is 194 cm³/mol. The first-order chi connectivity index (χ1) is 24.2. The number of carbonyl (C=O) groups is 5. The number of pyridine rings is 1. The summed E-state index contributed by atoms with van der Waals surface area (Å²) in [7, 11) is 4.02. The molecule has 2 fully saturated rings. The lowest BCUT2D eigenvalue weighted by Gasteiger charge is -2.36. The smallest absolute Gasteiger partial charge is 0.356 e. The largest absolute Gasteiger partial charge is 0.496 e. The molecule has 2 heterocycles. The summed E-state index contributed by atoms with van der Waals surface area (Å²) < 4.78 is 22.0. The number of aryl methyl sites for hydroxylation is 1. The first-order valence-electron chi connectivity index (χ1n) is 17.4. The van der Waals surface area contributed by atoms with Gasteiger partial charge in [0.15, 0.2) is 5.69 Å². The van der Waals surface area contributed by atoms with Gasteiger partial charge >= 0.3 is 18.0 Å². The van der Waals surface area contributed by atoms with Gasteiger partial charge in [0.2, 0.25) is 11.8 Å². The summed E-state index contributed by atoms with van der Waals surface area (Å²) >= 11 is 0. The third-order valence-corrected chi connectivity index (χ3v) is 10.1. The molecule has 4 rings (SSSR count). The fourth-order valence-corrected chi connectivity index (χ4v) is 6.35. The van der Waals surface area contributed by atoms with Crippen LogP contribution in [0.4, 0.5) is 4.79 Å². The van der Waals surface area contributed by atoms with Gasteiger partial charge in [0.25, 0.3) is 0 Å². The Balaban J connectivity index is 1.73. The van der Waals surface area contributed by atoms with Crippen LogP contribution >= 0.6 is 0 Å². The minimum Gasteiger partial charge on any atom is -0.496 e. The van der Waals surface area contributed by atoms with Gasteiger partial charge in [0.1, 0.15) is 35.2 Å². The highest BCUT2D eigenvalue weighted by atomic mass is 16.5. The molecule has 1 saturated heterocycles. The normalized spacial score (nSPS) is 22.4. The van der Waals surface area contributed by atoms with Crippen molar-refractivity contribution in [2.45, 2.75) is 98.0 Å². The lowest BCUT2D eigenvalue weighted by atomic mass is 9.85. The molecule has 52 heavy (non-hydrogen) atoms. The van der Waals surface area contributed by atoms with Gasteiger partial charge in [0.05, 0.1) is 33.4 Å². The molecule has 1 saturated carbocycles. The summed E-state index contributed by atoms with van der Waals surface area (Å²) in [5.74, 6) is -1.88. The first kappa shape index (κ1) is 39.9. The van der Waals surface area contributed by atoms with Crippen molar-refractivity contribution in [1.29, 1.82) is 0 Å². The van der Waals surface area contributed by atoms with E-state index < -0.39 is 58.9 Å². The molecule has 6 atom stereocenters. The van der Waals surface area contributed by atoms with E-state index in [9.17, 15) is 24.0 Å². The van der Waals surface area contributed by atoms with E-state index in [-0.39, 0.29) is 41.8 Å². The summed E-state index contributed by atoms with van der Waals surface area (Å²) in [6.45, 7) is 18.9. The quantitative estimate of drug-likeness (QED) is 0.227. The fraction of sp³-hybridized carbons (Fsp3) is 0.579. The molecular formula is C38H53N5O9. The van der Waals surface area contributed by atoms with Crippen LogP contribution in [-0.4, -0.2) is 97.3 Å². The number of amides is 4. The van der Waals surface area contributed by atoms with E-state index in [1.807, 2.05) is 48.5 Å². The molecule has 3 N–H and O–H groups in total. The van der Waals surface area contributed by atoms with Crippen molar-refractivity contribution >= 4 is 40.7 Å². The number of benzene rings is 1. The maximum atomic E-state index is 14.6. The second-order valence-electron chi connectivity index (χ2n) is 15.8. The molecule has 14 heteroatoms. The number of carbonyl (C=O) groups excluding carboxylic acids is 5. The molecule has 284 valence electrons. The average Bonchev–Trinajstić information content (AvgIpc) is 3.63. The third-order valence-electron chi connectivity index (χ3n) is 10.1. The zero-order valence-corrected chi connectivity index (χ0v) is 32.1. The van der Waals surface area contributed by atoms with Gasteiger partial charge in [-0.25, -0.2) is 19.4 Å². The monoisotopic (exact) mass is 723 g/mol. The highest BCUT2D eigenvalue weighted by Crippen LogP contribution is 2.46. The minimum absolute atomic E-state index is 0.00158. The van der Waals surface area contributed by atoms with Gasteiger partial charge in [-0.3, -0.25) is 9.59 Å². The van der Waals surface area contributed by atoms with Crippen LogP contribution in [0.3, 0.4) is 0 Å². The Bertz CT molecular complexity index is 1750. The Kier molecular flexibility index (Phi) is 11.5. The Morgan fingerprint density at radius 3 is 2.21 bits per heavy atom. The van der Waals surface area contributed by atoms with Gasteiger partial charge in [-0.15, -0.1) is 6.58 Å². The van der Waals surface area contributed by atoms with E-state index in [2.05, 4.69) is 27.5 Å². The number of aromatic nitrogens is 1. The summed E-state index contributed by atoms with van der Waals surface area (Å²) in [6, 6.07) is 2.09. The molecule has 1 aliphatic carbocycles. The molecule has 1 aromatic heterocycles. The van der Waals surface area contributed by atoms with Crippen molar-refractivity contribution in [3.05, 3.63) is 42.1 Å². The molecule has 0 bridgehead atoms. The predicted octanol–water partition coefficient (Wildman–Crippen LogP) is 4.07. The molecule has 14 nitrogen and oxygen atoms in total. The number of nitrogens with zero attached hydrogens (tertiary/aromatic N) is 2. The van der Waals surface area contributed by atoms with Crippen molar-refractivity contribution in [3.8, 4) is 11.5 Å². The highest BCUT2D eigenvalue weighted by Gasteiger charge is 2.62. The molecule has 1 aliphatic heterocycles. The van der Waals surface area contributed by atoms with Crippen LogP contribution in [0.5, 0.6) is 11.5 Å². The molecule has 0 spiro atoms. The number of likely N-dealkylation sites (tertiary alicyclic amines) is 1. The standard InChI is InChI=1S/C38H53N5O9/c1-13-22-18-38(22,34(47)51-12)42-31(44)26-16-23(19-43(26)32(45)30(37(7,8)9)41-35(48)39-21(3)36(4,5)6)52-28-17-25(33(46)50-11)40-29-20(2)27(49-10)15-14-24(28)29/h13-15,17,21-23,26,30H,1,16,18-19H2,2-12H3,(H,42,44)(H2,39,41,48)/t21-,22-,23-,26+,30?,38-/m1/s1. The van der Waals surface area contributed by atoms with E-state index >= 15 is 0 Å². The van der Waals surface area contributed by atoms with Crippen molar-refractivity contribution in [2.75, 3.05) is 27.9 Å². The van der Waals surface area contributed by atoms with E-state index in [0.29, 0.717) is 28.6 Å². The molecule has 1 unspecified atom stereocenters. The van der Waals surface area contributed by atoms with Crippen LogP contribution in [0, 0.1) is 23.7 Å². The van der Waals surface area contributed by atoms with E-state index in [1.165, 1.54) is 32.3 Å². The van der Waals surface area contributed by atoms with Crippen molar-refractivity contribution in [3.63, 3.8) is 0 Å². The van der Waals surface area contributed by atoms with E-state index in [0.717, 1.165) is 0 Å². The maximum Gasteiger partial charge on any atom is 0.356 e. The Morgan fingerprint density at radius 2 is 1.67 bits per heavy atom. The van der Waals surface area contributed by atoms with E-state index in [4.69, 9.17) is 18.9 Å². The Morgan fingerprint density at radius 1 is 1.00 bits per heavy atom. The number of nitrogens with one attached hydrogen (secondary N) is 3. The number of rotatable bonds is 11. The zero-order valence-electron chi connectivity index (χ0n) is 32.1.